The lowest BCUT2D eigenvalue weighted by Crippen LogP contribution is -2.11. The molecule has 2 rings (SSSR count). The highest BCUT2D eigenvalue weighted by Crippen LogP contribution is 2.27. The predicted molar refractivity (Wildman–Crippen MR) is 87.9 cm³/mol. The zero-order valence-corrected chi connectivity index (χ0v) is 13.2. The van der Waals surface area contributed by atoms with E-state index in [-0.39, 0.29) is 6.10 Å². The van der Waals surface area contributed by atoms with Crippen LogP contribution in [0.4, 0.5) is 17.5 Å². The minimum absolute atomic E-state index is 0.111. The number of para-hydroxylation sites is 2. The van der Waals surface area contributed by atoms with Crippen molar-refractivity contribution >= 4 is 17.5 Å². The summed E-state index contributed by atoms with van der Waals surface area (Å²) in [5.74, 6) is 2.06. The van der Waals surface area contributed by atoms with Gasteiger partial charge in [0.05, 0.1) is 18.4 Å². The van der Waals surface area contributed by atoms with Gasteiger partial charge >= 0.3 is 0 Å². The van der Waals surface area contributed by atoms with Crippen molar-refractivity contribution in [2.75, 3.05) is 30.9 Å². The quantitative estimate of drug-likeness (QED) is 0.730. The van der Waals surface area contributed by atoms with Gasteiger partial charge < -0.3 is 20.1 Å². The van der Waals surface area contributed by atoms with Gasteiger partial charge in [0.1, 0.15) is 11.6 Å². The Hall–Kier alpha value is -2.34. The van der Waals surface area contributed by atoms with Crippen LogP contribution >= 0.6 is 0 Å². The Labute approximate surface area is 130 Å². The summed E-state index contributed by atoms with van der Waals surface area (Å²) in [5.41, 5.74) is 0.873. The maximum atomic E-state index is 5.79. The van der Waals surface area contributed by atoms with E-state index < -0.39 is 0 Å². The Morgan fingerprint density at radius 1 is 1.18 bits per heavy atom. The van der Waals surface area contributed by atoms with Crippen LogP contribution in [0.15, 0.2) is 36.5 Å². The number of methoxy groups -OCH3 is 1. The van der Waals surface area contributed by atoms with Crippen molar-refractivity contribution in [3.05, 3.63) is 36.5 Å². The van der Waals surface area contributed by atoms with Gasteiger partial charge in [-0.1, -0.05) is 12.1 Å². The van der Waals surface area contributed by atoms with Crippen LogP contribution < -0.4 is 15.4 Å². The zero-order chi connectivity index (χ0) is 15.8. The highest BCUT2D eigenvalue weighted by molar-refractivity contribution is 5.64. The van der Waals surface area contributed by atoms with Gasteiger partial charge in [-0.25, -0.2) is 4.98 Å². The fourth-order valence-corrected chi connectivity index (χ4v) is 1.84. The second kappa shape index (κ2) is 8.19. The molecule has 0 aliphatic rings. The SMILES string of the molecule is COCCNc1nccc(Nc2ccccc2OC(C)C)n1. The van der Waals surface area contributed by atoms with Crippen molar-refractivity contribution in [2.24, 2.45) is 0 Å². The van der Waals surface area contributed by atoms with Gasteiger partial charge in [0.25, 0.3) is 0 Å². The maximum Gasteiger partial charge on any atom is 0.224 e. The molecule has 0 amide bonds. The second-order valence-corrected chi connectivity index (χ2v) is 4.97. The molecule has 0 spiro atoms. The molecule has 118 valence electrons. The lowest BCUT2D eigenvalue weighted by atomic mass is 10.3. The summed E-state index contributed by atoms with van der Waals surface area (Å²) < 4.78 is 10.8. The Morgan fingerprint density at radius 2 is 2.00 bits per heavy atom. The minimum atomic E-state index is 0.111. The van der Waals surface area contributed by atoms with Crippen molar-refractivity contribution < 1.29 is 9.47 Å². The molecule has 1 aromatic carbocycles. The topological polar surface area (TPSA) is 68.3 Å². The van der Waals surface area contributed by atoms with Crippen LogP contribution in [0.25, 0.3) is 0 Å². The van der Waals surface area contributed by atoms with Crippen molar-refractivity contribution in [3.63, 3.8) is 0 Å². The first-order valence-corrected chi connectivity index (χ1v) is 7.27. The molecule has 0 unspecified atom stereocenters. The Kier molecular flexibility index (Phi) is 5.97. The van der Waals surface area contributed by atoms with E-state index in [1.165, 1.54) is 0 Å². The predicted octanol–water partition coefficient (Wildman–Crippen LogP) is 3.07. The molecule has 0 aliphatic heterocycles. The molecular weight excluding hydrogens is 280 g/mol. The van der Waals surface area contributed by atoms with Crippen LogP contribution in [0.3, 0.4) is 0 Å². The van der Waals surface area contributed by atoms with Crippen LogP contribution in [0.1, 0.15) is 13.8 Å². The molecule has 1 aromatic heterocycles. The van der Waals surface area contributed by atoms with Gasteiger partial charge in [-0.3, -0.25) is 0 Å². The summed E-state index contributed by atoms with van der Waals surface area (Å²) in [6.45, 7) is 5.26. The molecule has 0 atom stereocenters. The number of rotatable bonds is 8. The van der Waals surface area contributed by atoms with E-state index in [1.54, 1.807) is 13.3 Å². The summed E-state index contributed by atoms with van der Waals surface area (Å²) in [6, 6.07) is 9.60. The molecular formula is C16H22N4O2. The van der Waals surface area contributed by atoms with Crippen LogP contribution in [-0.2, 0) is 4.74 Å². The summed E-state index contributed by atoms with van der Waals surface area (Å²) in [5, 5.41) is 6.36. The first-order valence-electron chi connectivity index (χ1n) is 7.27. The fourth-order valence-electron chi connectivity index (χ4n) is 1.84. The van der Waals surface area contributed by atoms with Gasteiger partial charge in [0, 0.05) is 19.9 Å². The molecule has 2 N–H and O–H groups in total. The number of aromatic nitrogens is 2. The first kappa shape index (κ1) is 16.0. The van der Waals surface area contributed by atoms with Gasteiger partial charge in [0.2, 0.25) is 5.95 Å². The summed E-state index contributed by atoms with van der Waals surface area (Å²) in [6.07, 6.45) is 1.82. The van der Waals surface area contributed by atoms with E-state index in [2.05, 4.69) is 20.6 Å². The Bertz CT molecular complexity index is 590. The van der Waals surface area contributed by atoms with Gasteiger partial charge in [-0.15, -0.1) is 0 Å². The third-order valence-electron chi connectivity index (χ3n) is 2.76. The molecule has 1 heterocycles. The molecule has 6 nitrogen and oxygen atoms in total. The summed E-state index contributed by atoms with van der Waals surface area (Å²) in [7, 11) is 1.66. The Morgan fingerprint density at radius 3 is 2.77 bits per heavy atom. The lowest BCUT2D eigenvalue weighted by molar-refractivity contribution is 0.210. The zero-order valence-electron chi connectivity index (χ0n) is 13.2. The van der Waals surface area contributed by atoms with Crippen LogP contribution in [-0.4, -0.2) is 36.3 Å². The standard InChI is InChI=1S/C16H22N4O2/c1-12(2)22-14-7-5-4-6-13(14)19-15-8-9-17-16(20-15)18-10-11-21-3/h4-9,12H,10-11H2,1-3H3,(H2,17,18,19,20). The van der Waals surface area contributed by atoms with Crippen LogP contribution in [0.2, 0.25) is 0 Å². The number of benzene rings is 1. The molecule has 6 heteroatoms. The molecule has 22 heavy (non-hydrogen) atoms. The molecule has 0 saturated heterocycles. The largest absolute Gasteiger partial charge is 0.489 e. The number of hydrogen-bond donors (Lipinski definition) is 2. The van der Waals surface area contributed by atoms with Crippen LogP contribution in [0.5, 0.6) is 5.75 Å². The van der Waals surface area contributed by atoms with E-state index in [0.29, 0.717) is 24.9 Å². The van der Waals surface area contributed by atoms with E-state index in [0.717, 1.165) is 11.4 Å². The average molecular weight is 302 g/mol. The molecule has 0 saturated carbocycles. The number of anilines is 3. The van der Waals surface area contributed by atoms with E-state index in [1.807, 2.05) is 44.2 Å². The minimum Gasteiger partial charge on any atom is -0.489 e. The lowest BCUT2D eigenvalue weighted by Gasteiger charge is -2.15. The monoisotopic (exact) mass is 302 g/mol. The number of ether oxygens (including phenoxy) is 2. The summed E-state index contributed by atoms with van der Waals surface area (Å²) in [4.78, 5) is 8.59. The van der Waals surface area contributed by atoms with Gasteiger partial charge in [-0.2, -0.15) is 4.98 Å². The molecule has 0 aliphatic carbocycles. The number of nitrogens with one attached hydrogen (secondary N) is 2. The smallest absolute Gasteiger partial charge is 0.224 e. The van der Waals surface area contributed by atoms with Gasteiger partial charge in [0.15, 0.2) is 0 Å². The molecule has 0 fully saturated rings. The van der Waals surface area contributed by atoms with E-state index >= 15 is 0 Å². The number of hydrogen-bond acceptors (Lipinski definition) is 6. The highest BCUT2D eigenvalue weighted by Gasteiger charge is 2.06. The average Bonchev–Trinajstić information content (AvgIpc) is 2.49. The normalized spacial score (nSPS) is 10.5. The van der Waals surface area contributed by atoms with Crippen molar-refractivity contribution in [1.29, 1.82) is 0 Å². The van der Waals surface area contributed by atoms with Crippen molar-refractivity contribution in [1.82, 2.24) is 9.97 Å². The number of nitrogens with zero attached hydrogens (tertiary/aromatic N) is 2. The molecule has 0 radical (unpaired) electrons. The third-order valence-corrected chi connectivity index (χ3v) is 2.76. The summed E-state index contributed by atoms with van der Waals surface area (Å²) >= 11 is 0. The molecule has 2 aromatic rings. The second-order valence-electron chi connectivity index (χ2n) is 4.97. The van der Waals surface area contributed by atoms with Crippen molar-refractivity contribution in [3.8, 4) is 5.75 Å². The van der Waals surface area contributed by atoms with E-state index in [9.17, 15) is 0 Å². The van der Waals surface area contributed by atoms with Crippen LogP contribution in [0, 0.1) is 0 Å². The first-order chi connectivity index (χ1) is 10.7. The van der Waals surface area contributed by atoms with Crippen molar-refractivity contribution in [2.45, 2.75) is 20.0 Å². The highest BCUT2D eigenvalue weighted by atomic mass is 16.5. The van der Waals surface area contributed by atoms with E-state index in [4.69, 9.17) is 9.47 Å². The third kappa shape index (κ3) is 4.89. The molecule has 0 bridgehead atoms. The fraction of sp³-hybridized carbons (Fsp3) is 0.375. The Balaban J connectivity index is 2.09. The maximum absolute atomic E-state index is 5.79. The van der Waals surface area contributed by atoms with Gasteiger partial charge in [-0.05, 0) is 32.0 Å².